The van der Waals surface area contributed by atoms with E-state index in [0.717, 1.165) is 35.3 Å². The number of carbonyl (C=O) groups excluding carboxylic acids is 1. The van der Waals surface area contributed by atoms with Crippen LogP contribution >= 0.6 is 11.8 Å². The van der Waals surface area contributed by atoms with Crippen molar-refractivity contribution in [3.8, 4) is 17.2 Å². The van der Waals surface area contributed by atoms with Gasteiger partial charge in [0.1, 0.15) is 28.7 Å². The number of halogens is 2. The Hall–Kier alpha value is -3.89. The summed E-state index contributed by atoms with van der Waals surface area (Å²) >= 11 is 1.76. The van der Waals surface area contributed by atoms with Crippen molar-refractivity contribution in [1.29, 1.82) is 0 Å². The summed E-state index contributed by atoms with van der Waals surface area (Å²) in [6, 6.07) is 14.1. The molecule has 1 aliphatic rings. The number of carbonyl (C=O) groups is 1. The molecule has 0 atom stereocenters. The van der Waals surface area contributed by atoms with Crippen LogP contribution in [-0.2, 0) is 0 Å². The molecule has 0 aliphatic carbocycles. The molecule has 10 heteroatoms. The molecule has 274 valence electrons. The fraction of sp³-hybridized carbons (Fsp3) is 0.463. The van der Waals surface area contributed by atoms with Crippen LogP contribution in [0.5, 0.6) is 11.5 Å². The summed E-state index contributed by atoms with van der Waals surface area (Å²) in [6.45, 7) is 10.4. The molecular formula is C41H52F2N3O4S+. The number of rotatable bonds is 17. The van der Waals surface area contributed by atoms with Gasteiger partial charge in [0.25, 0.3) is 5.91 Å². The van der Waals surface area contributed by atoms with Crippen LogP contribution < -0.4 is 19.8 Å². The van der Waals surface area contributed by atoms with Crippen molar-refractivity contribution in [3.05, 3.63) is 88.2 Å². The monoisotopic (exact) mass is 720 g/mol. The second kappa shape index (κ2) is 18.0. The molecule has 1 fully saturated rings. The van der Waals surface area contributed by atoms with E-state index in [1.165, 1.54) is 80.2 Å². The number of thioether (sulfide) groups is 1. The summed E-state index contributed by atoms with van der Waals surface area (Å²) < 4.78 is 43.1. The number of unbranched alkanes of at least 4 members (excludes halogenated alkanes) is 4. The molecule has 2 heterocycles. The average Bonchev–Trinajstić information content (AvgIpc) is 3.10. The molecule has 1 amide bonds. The predicted octanol–water partition coefficient (Wildman–Crippen LogP) is 9.41. The molecule has 4 aromatic rings. The molecule has 5 rings (SSSR count). The van der Waals surface area contributed by atoms with Crippen molar-refractivity contribution in [2.75, 3.05) is 57.1 Å². The molecule has 1 saturated heterocycles. The topological polar surface area (TPSA) is 60.8 Å². The Kier molecular flexibility index (Phi) is 13.6. The molecule has 1 aromatic heterocycles. The number of benzene rings is 3. The van der Waals surface area contributed by atoms with Crippen LogP contribution in [0.25, 0.3) is 16.6 Å². The smallest absolute Gasteiger partial charge is 0.263 e. The average molecular weight is 721 g/mol. The van der Waals surface area contributed by atoms with Crippen LogP contribution in [0.15, 0.2) is 70.5 Å². The van der Waals surface area contributed by atoms with Crippen LogP contribution in [-0.4, -0.2) is 67.2 Å². The maximum absolute atomic E-state index is 14.2. The summed E-state index contributed by atoms with van der Waals surface area (Å²) in [7, 11) is 2.42. The molecule has 1 aliphatic heterocycles. The lowest BCUT2D eigenvalue weighted by atomic mass is 10.1. The zero-order chi connectivity index (χ0) is 36.4. The first-order valence-corrected chi connectivity index (χ1v) is 19.5. The maximum atomic E-state index is 14.2. The molecule has 0 saturated carbocycles. The Balaban J connectivity index is 1.41. The minimum Gasteiger partial charge on any atom is -0.494 e. The predicted molar refractivity (Wildman–Crippen MR) is 204 cm³/mol. The molecule has 7 nitrogen and oxygen atoms in total. The van der Waals surface area contributed by atoms with Gasteiger partial charge in [0, 0.05) is 53.0 Å². The highest BCUT2D eigenvalue weighted by atomic mass is 32.2. The number of hydrogen-bond donors (Lipinski definition) is 0. The Bertz CT molecular complexity index is 1810. The first kappa shape index (κ1) is 38.3. The fourth-order valence-electron chi connectivity index (χ4n) is 7.06. The van der Waals surface area contributed by atoms with Crippen LogP contribution in [0.2, 0.25) is 0 Å². The van der Waals surface area contributed by atoms with E-state index in [4.69, 9.17) is 9.47 Å². The third-order valence-corrected chi connectivity index (χ3v) is 10.8. The zero-order valence-corrected chi connectivity index (χ0v) is 31.3. The summed E-state index contributed by atoms with van der Waals surface area (Å²) in [4.78, 5) is 30.3. The van der Waals surface area contributed by atoms with Gasteiger partial charge < -0.3 is 23.4 Å². The van der Waals surface area contributed by atoms with E-state index >= 15 is 0 Å². The Labute approximate surface area is 305 Å². The SMILES string of the molecule is CCOc1cc(OCC)cc(-n2cc(C(=O)N(CC)c3cc(F)cc(F)c3)c(=O)c3ccc(SCCCCCCC[N+]4(C)CCCCC4)cc32)c1. The van der Waals surface area contributed by atoms with Crippen molar-refractivity contribution >= 4 is 34.3 Å². The summed E-state index contributed by atoms with van der Waals surface area (Å²) in [5.74, 6) is -0.140. The van der Waals surface area contributed by atoms with Gasteiger partial charge in [-0.1, -0.05) is 12.8 Å². The molecule has 0 radical (unpaired) electrons. The van der Waals surface area contributed by atoms with Gasteiger partial charge in [-0.15, -0.1) is 11.8 Å². The number of hydrogen-bond acceptors (Lipinski definition) is 5. The van der Waals surface area contributed by atoms with Crippen LogP contribution in [0, 0.1) is 11.6 Å². The van der Waals surface area contributed by atoms with E-state index in [1.54, 1.807) is 30.8 Å². The van der Waals surface area contributed by atoms with Gasteiger partial charge in [-0.25, -0.2) is 8.78 Å². The van der Waals surface area contributed by atoms with Gasteiger partial charge in [-0.2, -0.15) is 0 Å². The first-order chi connectivity index (χ1) is 24.6. The van der Waals surface area contributed by atoms with Crippen LogP contribution in [0.1, 0.15) is 82.5 Å². The lowest BCUT2D eigenvalue weighted by molar-refractivity contribution is -0.914. The van der Waals surface area contributed by atoms with Gasteiger partial charge >= 0.3 is 0 Å². The number of piperidine rings is 1. The molecule has 0 N–H and O–H groups in total. The molecule has 0 bridgehead atoms. The van der Waals surface area contributed by atoms with Gasteiger partial charge in [0.05, 0.1) is 51.1 Å². The van der Waals surface area contributed by atoms with E-state index in [0.29, 0.717) is 41.3 Å². The minimum absolute atomic E-state index is 0.0347. The van der Waals surface area contributed by atoms with Gasteiger partial charge in [0.2, 0.25) is 5.43 Å². The molecule has 3 aromatic carbocycles. The van der Waals surface area contributed by atoms with E-state index in [9.17, 15) is 18.4 Å². The van der Waals surface area contributed by atoms with Crippen molar-refractivity contribution in [3.63, 3.8) is 0 Å². The second-order valence-corrected chi connectivity index (χ2v) is 14.8. The lowest BCUT2D eigenvalue weighted by Gasteiger charge is -2.37. The number of fused-ring (bicyclic) bond motifs is 1. The van der Waals surface area contributed by atoms with E-state index in [2.05, 4.69) is 7.05 Å². The molecular weight excluding hydrogens is 669 g/mol. The second-order valence-electron chi connectivity index (χ2n) is 13.6. The Morgan fingerprint density at radius 1 is 0.843 bits per heavy atom. The molecule has 0 unspecified atom stereocenters. The van der Waals surface area contributed by atoms with Crippen LogP contribution in [0.4, 0.5) is 14.5 Å². The highest BCUT2D eigenvalue weighted by molar-refractivity contribution is 7.99. The van der Waals surface area contributed by atoms with Gasteiger partial charge in [-0.05, 0) is 95.4 Å². The summed E-state index contributed by atoms with van der Waals surface area (Å²) in [5.41, 5.74) is 0.737. The zero-order valence-electron chi connectivity index (χ0n) is 30.5. The Morgan fingerprint density at radius 2 is 1.49 bits per heavy atom. The van der Waals surface area contributed by atoms with Crippen LogP contribution in [0.3, 0.4) is 0 Å². The number of likely N-dealkylation sites (tertiary alicyclic amines) is 1. The largest absolute Gasteiger partial charge is 0.494 e. The summed E-state index contributed by atoms with van der Waals surface area (Å²) in [6.07, 6.45) is 11.7. The standard InChI is InChI=1S/C41H52F2N3O4S/c1-5-44(32-23-30(42)22-31(43)24-32)41(48)38-29-45(33-25-34(49-6-2)27-35(26-33)50-7-3)39-28-36(16-17-37(39)40(38)47)51-21-15-10-8-9-12-18-46(4)19-13-11-14-20-46/h16-17,22-29H,5-15,18-21H2,1-4H3/q+1. The maximum Gasteiger partial charge on any atom is 0.263 e. The van der Waals surface area contributed by atoms with E-state index in [1.807, 2.05) is 42.7 Å². The molecule has 0 spiro atoms. The van der Waals surface area contributed by atoms with E-state index in [-0.39, 0.29) is 17.8 Å². The van der Waals surface area contributed by atoms with Crippen molar-refractivity contribution in [1.82, 2.24) is 4.57 Å². The number of pyridine rings is 1. The van der Waals surface area contributed by atoms with E-state index < -0.39 is 23.0 Å². The van der Waals surface area contributed by atoms with Crippen molar-refractivity contribution < 1.29 is 27.5 Å². The fourth-order valence-corrected chi connectivity index (χ4v) is 8.00. The highest BCUT2D eigenvalue weighted by Crippen LogP contribution is 2.31. The highest BCUT2D eigenvalue weighted by Gasteiger charge is 2.25. The third kappa shape index (κ3) is 9.92. The quantitative estimate of drug-likeness (QED) is 0.0618. The number of anilines is 1. The number of amides is 1. The first-order valence-electron chi connectivity index (χ1n) is 18.5. The number of nitrogens with zero attached hydrogens (tertiary/aromatic N) is 3. The summed E-state index contributed by atoms with van der Waals surface area (Å²) in [5, 5.41) is 0.358. The molecule has 51 heavy (non-hydrogen) atoms. The minimum atomic E-state index is -0.809. The number of aromatic nitrogens is 1. The Morgan fingerprint density at radius 3 is 2.14 bits per heavy atom. The lowest BCUT2D eigenvalue weighted by Crippen LogP contribution is -2.48. The number of quaternary nitrogens is 1. The normalized spacial score (nSPS) is 14.1. The number of ether oxygens (including phenoxy) is 2. The van der Waals surface area contributed by atoms with Crippen molar-refractivity contribution in [2.24, 2.45) is 0 Å². The van der Waals surface area contributed by atoms with Gasteiger partial charge in [-0.3, -0.25) is 9.59 Å². The third-order valence-electron chi connectivity index (χ3n) is 9.70. The van der Waals surface area contributed by atoms with Crippen molar-refractivity contribution in [2.45, 2.75) is 77.0 Å². The van der Waals surface area contributed by atoms with Gasteiger partial charge in [0.15, 0.2) is 0 Å².